The molecule has 1 heterocycles. The summed E-state index contributed by atoms with van der Waals surface area (Å²) in [6.45, 7) is 4.96. The van der Waals surface area contributed by atoms with Crippen molar-refractivity contribution in [3.63, 3.8) is 0 Å². The normalized spacial score (nSPS) is 10.6. The quantitative estimate of drug-likeness (QED) is 0.533. The molecule has 0 aliphatic heterocycles. The van der Waals surface area contributed by atoms with E-state index >= 15 is 0 Å². The molecule has 13 heavy (non-hydrogen) atoms. The van der Waals surface area contributed by atoms with Gasteiger partial charge in [0.2, 0.25) is 5.16 Å². The molecule has 0 aromatic carbocycles. The molecule has 0 spiro atoms. The fourth-order valence-electron chi connectivity index (χ4n) is 0.970. The largest absolute Gasteiger partial charge is 0.315 e. The Hall–Kier alpha value is -0.620. The number of nitrogens with one attached hydrogen (secondary N) is 1. The van der Waals surface area contributed by atoms with Crippen LogP contribution in [0.2, 0.25) is 0 Å². The van der Waals surface area contributed by atoms with E-state index in [1.807, 2.05) is 10.9 Å². The Kier molecular flexibility index (Phi) is 4.77. The van der Waals surface area contributed by atoms with Crippen LogP contribution in [0, 0.1) is 0 Å². The number of aromatic nitrogens is 4. The molecular formula is C7H15N5S. The van der Waals surface area contributed by atoms with Crippen LogP contribution in [0.4, 0.5) is 0 Å². The minimum atomic E-state index is 0.836. The summed E-state index contributed by atoms with van der Waals surface area (Å²) in [4.78, 5) is 0. The fourth-order valence-corrected chi connectivity index (χ4v) is 1.43. The molecule has 74 valence electrons. The molecule has 1 rings (SSSR count). The first-order valence-corrected chi connectivity index (χ1v) is 5.61. The standard InChI is InChI=1S/C7H15N5S/c1-3-4-8-5-6-12-7(13-2)9-10-11-12/h8H,3-6H2,1-2H3. The minimum Gasteiger partial charge on any atom is -0.315 e. The lowest BCUT2D eigenvalue weighted by atomic mass is 10.5. The lowest BCUT2D eigenvalue weighted by Gasteiger charge is -2.03. The highest BCUT2D eigenvalue weighted by Crippen LogP contribution is 2.07. The van der Waals surface area contributed by atoms with Crippen LogP contribution >= 0.6 is 11.8 Å². The van der Waals surface area contributed by atoms with Crippen molar-refractivity contribution in [1.29, 1.82) is 0 Å². The van der Waals surface area contributed by atoms with Gasteiger partial charge in [0.05, 0.1) is 6.54 Å². The first-order chi connectivity index (χ1) is 6.38. The van der Waals surface area contributed by atoms with Gasteiger partial charge in [-0.1, -0.05) is 18.7 Å². The van der Waals surface area contributed by atoms with Crippen LogP contribution in [0.3, 0.4) is 0 Å². The third-order valence-electron chi connectivity index (χ3n) is 1.61. The molecule has 6 heteroatoms. The van der Waals surface area contributed by atoms with E-state index in [1.54, 1.807) is 11.8 Å². The van der Waals surface area contributed by atoms with Crippen molar-refractivity contribution in [3.8, 4) is 0 Å². The molecule has 1 aromatic rings. The van der Waals surface area contributed by atoms with Gasteiger partial charge in [0.1, 0.15) is 0 Å². The molecule has 0 saturated heterocycles. The summed E-state index contributed by atoms with van der Waals surface area (Å²) in [7, 11) is 0. The van der Waals surface area contributed by atoms with Gasteiger partial charge in [-0.2, -0.15) is 0 Å². The van der Waals surface area contributed by atoms with E-state index in [9.17, 15) is 0 Å². The van der Waals surface area contributed by atoms with Gasteiger partial charge in [-0.3, -0.25) is 0 Å². The molecule has 0 aliphatic rings. The average Bonchev–Trinajstić information content (AvgIpc) is 2.60. The number of hydrogen-bond donors (Lipinski definition) is 1. The van der Waals surface area contributed by atoms with Crippen LogP contribution in [0.15, 0.2) is 5.16 Å². The summed E-state index contributed by atoms with van der Waals surface area (Å²) in [6.07, 6.45) is 3.13. The van der Waals surface area contributed by atoms with E-state index in [0.717, 1.165) is 31.2 Å². The van der Waals surface area contributed by atoms with Crippen LogP contribution in [-0.4, -0.2) is 39.6 Å². The number of hydrogen-bond acceptors (Lipinski definition) is 5. The van der Waals surface area contributed by atoms with Crippen LogP contribution in [0.1, 0.15) is 13.3 Å². The molecule has 0 atom stereocenters. The number of thioether (sulfide) groups is 1. The minimum absolute atomic E-state index is 0.836. The molecule has 0 unspecified atom stereocenters. The molecular weight excluding hydrogens is 186 g/mol. The Bertz CT molecular complexity index is 237. The van der Waals surface area contributed by atoms with Gasteiger partial charge < -0.3 is 5.32 Å². The fraction of sp³-hybridized carbons (Fsp3) is 0.857. The molecule has 0 amide bonds. The lowest BCUT2D eigenvalue weighted by Crippen LogP contribution is -2.21. The van der Waals surface area contributed by atoms with E-state index in [2.05, 4.69) is 27.8 Å². The third kappa shape index (κ3) is 3.31. The van der Waals surface area contributed by atoms with E-state index in [4.69, 9.17) is 0 Å². The maximum atomic E-state index is 3.88. The van der Waals surface area contributed by atoms with Crippen molar-refractivity contribution < 1.29 is 0 Å². The Labute approximate surface area is 82.3 Å². The van der Waals surface area contributed by atoms with Gasteiger partial charge in [-0.15, -0.1) is 5.10 Å². The van der Waals surface area contributed by atoms with Crippen LogP contribution < -0.4 is 5.32 Å². The van der Waals surface area contributed by atoms with Crippen molar-refractivity contribution in [2.75, 3.05) is 19.3 Å². The van der Waals surface area contributed by atoms with Crippen molar-refractivity contribution in [3.05, 3.63) is 0 Å². The molecule has 0 saturated carbocycles. The van der Waals surface area contributed by atoms with Crippen molar-refractivity contribution in [2.24, 2.45) is 0 Å². The maximum Gasteiger partial charge on any atom is 0.209 e. The first-order valence-electron chi connectivity index (χ1n) is 4.39. The predicted molar refractivity (Wildman–Crippen MR) is 52.8 cm³/mol. The van der Waals surface area contributed by atoms with Gasteiger partial charge in [-0.05, 0) is 29.6 Å². The van der Waals surface area contributed by atoms with Crippen LogP contribution in [-0.2, 0) is 6.54 Å². The Morgan fingerprint density at radius 2 is 2.31 bits per heavy atom. The van der Waals surface area contributed by atoms with Gasteiger partial charge in [-0.25, -0.2) is 4.68 Å². The maximum absolute atomic E-state index is 3.88. The Morgan fingerprint density at radius 3 is 3.00 bits per heavy atom. The highest BCUT2D eigenvalue weighted by molar-refractivity contribution is 7.98. The average molecular weight is 201 g/mol. The SMILES string of the molecule is CCCNCCn1nnnc1SC. The number of tetrazole rings is 1. The highest BCUT2D eigenvalue weighted by atomic mass is 32.2. The summed E-state index contributed by atoms with van der Waals surface area (Å²) >= 11 is 1.56. The third-order valence-corrected chi connectivity index (χ3v) is 2.27. The summed E-state index contributed by atoms with van der Waals surface area (Å²) in [6, 6.07) is 0. The Morgan fingerprint density at radius 1 is 1.46 bits per heavy atom. The monoisotopic (exact) mass is 201 g/mol. The van der Waals surface area contributed by atoms with Crippen molar-refractivity contribution in [1.82, 2.24) is 25.5 Å². The molecule has 0 aliphatic carbocycles. The summed E-state index contributed by atoms with van der Waals surface area (Å²) in [5.74, 6) is 0. The molecule has 0 bridgehead atoms. The zero-order valence-electron chi connectivity index (χ0n) is 8.03. The van der Waals surface area contributed by atoms with Gasteiger partial charge in [0.15, 0.2) is 0 Å². The molecule has 0 fully saturated rings. The first kappa shape index (κ1) is 10.5. The van der Waals surface area contributed by atoms with E-state index in [1.165, 1.54) is 0 Å². The van der Waals surface area contributed by atoms with Gasteiger partial charge in [0.25, 0.3) is 0 Å². The molecule has 1 N–H and O–H groups in total. The smallest absolute Gasteiger partial charge is 0.209 e. The summed E-state index contributed by atoms with van der Waals surface area (Å²) < 4.78 is 1.81. The van der Waals surface area contributed by atoms with Crippen LogP contribution in [0.25, 0.3) is 0 Å². The van der Waals surface area contributed by atoms with Crippen molar-refractivity contribution in [2.45, 2.75) is 25.0 Å². The van der Waals surface area contributed by atoms with Crippen LogP contribution in [0.5, 0.6) is 0 Å². The van der Waals surface area contributed by atoms with E-state index < -0.39 is 0 Å². The topological polar surface area (TPSA) is 55.6 Å². The second-order valence-corrected chi connectivity index (χ2v) is 3.41. The van der Waals surface area contributed by atoms with E-state index in [-0.39, 0.29) is 0 Å². The van der Waals surface area contributed by atoms with Gasteiger partial charge in [0, 0.05) is 6.54 Å². The van der Waals surface area contributed by atoms with Gasteiger partial charge >= 0.3 is 0 Å². The lowest BCUT2D eigenvalue weighted by molar-refractivity contribution is 0.511. The second kappa shape index (κ2) is 5.93. The molecule has 0 radical (unpaired) electrons. The predicted octanol–water partition coefficient (Wildman–Crippen LogP) is 0.395. The molecule has 5 nitrogen and oxygen atoms in total. The molecule has 1 aromatic heterocycles. The zero-order chi connectivity index (χ0) is 9.52. The number of nitrogens with zero attached hydrogens (tertiary/aromatic N) is 4. The zero-order valence-corrected chi connectivity index (χ0v) is 8.84. The summed E-state index contributed by atoms with van der Waals surface area (Å²) in [5, 5.41) is 15.5. The second-order valence-electron chi connectivity index (χ2n) is 2.64. The Balaban J connectivity index is 2.27. The highest BCUT2D eigenvalue weighted by Gasteiger charge is 2.02. The summed E-state index contributed by atoms with van der Waals surface area (Å²) in [5.41, 5.74) is 0. The van der Waals surface area contributed by atoms with E-state index in [0.29, 0.717) is 0 Å². The number of rotatable bonds is 6. The van der Waals surface area contributed by atoms with Crippen molar-refractivity contribution >= 4 is 11.8 Å².